The highest BCUT2D eigenvalue weighted by atomic mass is 16.5. The summed E-state index contributed by atoms with van der Waals surface area (Å²) in [5.74, 6) is -0.548. The van der Waals surface area contributed by atoms with Crippen LogP contribution >= 0.6 is 0 Å². The van der Waals surface area contributed by atoms with Crippen molar-refractivity contribution in [2.24, 2.45) is 5.92 Å². The van der Waals surface area contributed by atoms with Crippen molar-refractivity contribution in [1.82, 2.24) is 9.80 Å². The summed E-state index contributed by atoms with van der Waals surface area (Å²) in [7, 11) is 3.19. The summed E-state index contributed by atoms with van der Waals surface area (Å²) in [6.45, 7) is 5.04. The number of ether oxygens (including phenoxy) is 1. The van der Waals surface area contributed by atoms with Crippen molar-refractivity contribution in [3.63, 3.8) is 0 Å². The monoisotopic (exact) mass is 272 g/mol. The molecule has 0 aliphatic carbocycles. The highest BCUT2D eigenvalue weighted by Gasteiger charge is 2.33. The first-order valence-corrected chi connectivity index (χ1v) is 6.69. The number of piperidine rings is 1. The van der Waals surface area contributed by atoms with E-state index in [-0.39, 0.29) is 12.1 Å². The molecule has 0 bridgehead atoms. The van der Waals surface area contributed by atoms with Gasteiger partial charge >= 0.3 is 12.0 Å². The standard InChI is InChI=1S/C13H24N2O4/c1-5-10(12(16)17)14(3)13(18)15-7-6-9(2)11(8-15)19-4/h9-11H,5-8H2,1-4H3,(H,16,17). The number of carbonyl (C=O) groups excluding carboxylic acids is 1. The molecular weight excluding hydrogens is 248 g/mol. The molecule has 1 N–H and O–H groups in total. The van der Waals surface area contributed by atoms with Crippen molar-refractivity contribution in [2.45, 2.75) is 38.8 Å². The Bertz CT molecular complexity index is 335. The Kier molecular flexibility index (Phi) is 5.60. The highest BCUT2D eigenvalue weighted by Crippen LogP contribution is 2.21. The summed E-state index contributed by atoms with van der Waals surface area (Å²) in [6.07, 6.45) is 1.30. The van der Waals surface area contributed by atoms with Gasteiger partial charge in [0.15, 0.2) is 0 Å². The lowest BCUT2D eigenvalue weighted by Crippen LogP contribution is -2.54. The molecule has 0 saturated carbocycles. The molecule has 1 saturated heterocycles. The molecule has 0 radical (unpaired) electrons. The van der Waals surface area contributed by atoms with Crippen LogP contribution in [0.2, 0.25) is 0 Å². The summed E-state index contributed by atoms with van der Waals surface area (Å²) < 4.78 is 5.37. The fourth-order valence-electron chi connectivity index (χ4n) is 2.48. The maximum Gasteiger partial charge on any atom is 0.326 e. The number of carboxylic acids is 1. The van der Waals surface area contributed by atoms with Gasteiger partial charge in [-0.1, -0.05) is 13.8 Å². The van der Waals surface area contributed by atoms with Crippen LogP contribution in [-0.4, -0.2) is 66.3 Å². The van der Waals surface area contributed by atoms with Gasteiger partial charge in [-0.3, -0.25) is 0 Å². The first kappa shape index (κ1) is 15.8. The van der Waals surface area contributed by atoms with E-state index in [0.717, 1.165) is 6.42 Å². The maximum absolute atomic E-state index is 12.3. The van der Waals surface area contributed by atoms with E-state index in [1.54, 1.807) is 26.0 Å². The molecule has 19 heavy (non-hydrogen) atoms. The number of hydrogen-bond acceptors (Lipinski definition) is 3. The van der Waals surface area contributed by atoms with Gasteiger partial charge in [0.05, 0.1) is 6.10 Å². The molecule has 1 rings (SSSR count). The molecule has 1 aliphatic rings. The average Bonchev–Trinajstić information content (AvgIpc) is 2.38. The summed E-state index contributed by atoms with van der Waals surface area (Å²) in [5, 5.41) is 9.09. The van der Waals surface area contributed by atoms with Gasteiger partial charge in [-0.25, -0.2) is 9.59 Å². The van der Waals surface area contributed by atoms with E-state index in [0.29, 0.717) is 25.4 Å². The highest BCUT2D eigenvalue weighted by molar-refractivity contribution is 5.82. The second-order valence-corrected chi connectivity index (χ2v) is 5.14. The summed E-state index contributed by atoms with van der Waals surface area (Å²) in [4.78, 5) is 26.4. The molecule has 0 aromatic heterocycles. The number of nitrogens with zero attached hydrogens (tertiary/aromatic N) is 2. The van der Waals surface area contributed by atoms with Crippen molar-refractivity contribution in [1.29, 1.82) is 0 Å². The quantitative estimate of drug-likeness (QED) is 0.836. The summed E-state index contributed by atoms with van der Waals surface area (Å²) in [5.41, 5.74) is 0. The second-order valence-electron chi connectivity index (χ2n) is 5.14. The van der Waals surface area contributed by atoms with E-state index in [1.807, 2.05) is 0 Å². The lowest BCUT2D eigenvalue weighted by Gasteiger charge is -2.39. The van der Waals surface area contributed by atoms with E-state index in [1.165, 1.54) is 4.90 Å². The fourth-order valence-corrected chi connectivity index (χ4v) is 2.48. The third-order valence-electron chi connectivity index (χ3n) is 3.90. The van der Waals surface area contributed by atoms with E-state index in [2.05, 4.69) is 6.92 Å². The van der Waals surface area contributed by atoms with E-state index >= 15 is 0 Å². The van der Waals surface area contributed by atoms with Crippen molar-refractivity contribution in [3.8, 4) is 0 Å². The number of methoxy groups -OCH3 is 1. The zero-order chi connectivity index (χ0) is 14.6. The van der Waals surface area contributed by atoms with Crippen molar-refractivity contribution in [2.75, 3.05) is 27.2 Å². The van der Waals surface area contributed by atoms with Gasteiger partial charge in [0.2, 0.25) is 0 Å². The molecule has 110 valence electrons. The molecular formula is C13H24N2O4. The van der Waals surface area contributed by atoms with E-state index in [4.69, 9.17) is 9.84 Å². The Hall–Kier alpha value is -1.30. The third kappa shape index (κ3) is 3.59. The number of hydrogen-bond donors (Lipinski definition) is 1. The van der Waals surface area contributed by atoms with Crippen molar-refractivity contribution < 1.29 is 19.4 Å². The minimum Gasteiger partial charge on any atom is -0.480 e. The molecule has 3 atom stereocenters. The lowest BCUT2D eigenvalue weighted by molar-refractivity contribution is -0.142. The van der Waals surface area contributed by atoms with Gasteiger partial charge in [-0.15, -0.1) is 0 Å². The first-order valence-electron chi connectivity index (χ1n) is 6.69. The van der Waals surface area contributed by atoms with Crippen LogP contribution in [0, 0.1) is 5.92 Å². The molecule has 0 aromatic rings. The number of urea groups is 1. The number of carboxylic acid groups (broad SMARTS) is 1. The number of likely N-dealkylation sites (tertiary alicyclic amines) is 1. The fraction of sp³-hybridized carbons (Fsp3) is 0.846. The van der Waals surface area contributed by atoms with Crippen molar-refractivity contribution >= 4 is 12.0 Å². The minimum atomic E-state index is -0.966. The van der Waals surface area contributed by atoms with Gasteiger partial charge in [-0.2, -0.15) is 0 Å². The first-order chi connectivity index (χ1) is 8.92. The van der Waals surface area contributed by atoms with E-state index in [9.17, 15) is 9.59 Å². The predicted octanol–water partition coefficient (Wildman–Crippen LogP) is 1.26. The number of aliphatic carboxylic acids is 1. The number of amides is 2. The molecule has 1 fully saturated rings. The Labute approximate surface area is 114 Å². The largest absolute Gasteiger partial charge is 0.480 e. The van der Waals surface area contributed by atoms with Gasteiger partial charge in [0.1, 0.15) is 6.04 Å². The molecule has 3 unspecified atom stereocenters. The van der Waals surface area contributed by atoms with Gasteiger partial charge < -0.3 is 19.6 Å². The zero-order valence-electron chi connectivity index (χ0n) is 12.1. The second kappa shape index (κ2) is 6.75. The Morgan fingerprint density at radius 2 is 2.16 bits per heavy atom. The summed E-state index contributed by atoms with van der Waals surface area (Å²) >= 11 is 0. The predicted molar refractivity (Wildman–Crippen MR) is 71.0 cm³/mol. The minimum absolute atomic E-state index is 0.0241. The van der Waals surface area contributed by atoms with Crippen LogP contribution in [-0.2, 0) is 9.53 Å². The normalized spacial score (nSPS) is 24.9. The SMILES string of the molecule is CCC(C(=O)O)N(C)C(=O)N1CCC(C)C(OC)C1. The third-order valence-corrected chi connectivity index (χ3v) is 3.90. The van der Waals surface area contributed by atoms with Crippen LogP contribution in [0.25, 0.3) is 0 Å². The number of carbonyl (C=O) groups is 2. The zero-order valence-corrected chi connectivity index (χ0v) is 12.1. The van der Waals surface area contributed by atoms with Crippen molar-refractivity contribution in [3.05, 3.63) is 0 Å². The van der Waals surface area contributed by atoms with Crippen LogP contribution in [0.4, 0.5) is 4.79 Å². The molecule has 0 spiro atoms. The Morgan fingerprint density at radius 1 is 1.53 bits per heavy atom. The maximum atomic E-state index is 12.3. The molecule has 6 heteroatoms. The van der Waals surface area contributed by atoms with Crippen LogP contribution in [0.5, 0.6) is 0 Å². The Balaban J connectivity index is 2.69. The van der Waals surface area contributed by atoms with E-state index < -0.39 is 12.0 Å². The summed E-state index contributed by atoms with van der Waals surface area (Å²) in [6, 6.07) is -1.00. The van der Waals surface area contributed by atoms with Gasteiger partial charge in [0.25, 0.3) is 0 Å². The molecule has 1 heterocycles. The lowest BCUT2D eigenvalue weighted by atomic mass is 9.96. The van der Waals surface area contributed by atoms with Gasteiger partial charge in [-0.05, 0) is 18.8 Å². The molecule has 2 amide bonds. The molecule has 0 aromatic carbocycles. The van der Waals surface area contributed by atoms with Crippen LogP contribution in [0.1, 0.15) is 26.7 Å². The average molecular weight is 272 g/mol. The number of rotatable bonds is 4. The van der Waals surface area contributed by atoms with Gasteiger partial charge in [0, 0.05) is 27.2 Å². The Morgan fingerprint density at radius 3 is 2.63 bits per heavy atom. The van der Waals surface area contributed by atoms with Crippen LogP contribution in [0.15, 0.2) is 0 Å². The number of likely N-dealkylation sites (N-methyl/N-ethyl adjacent to an activating group) is 1. The smallest absolute Gasteiger partial charge is 0.326 e. The van der Waals surface area contributed by atoms with Crippen LogP contribution in [0.3, 0.4) is 0 Å². The molecule has 1 aliphatic heterocycles. The topological polar surface area (TPSA) is 70.1 Å². The van der Waals surface area contributed by atoms with Crippen LogP contribution < -0.4 is 0 Å². The molecule has 6 nitrogen and oxygen atoms in total.